The molecule has 0 aromatic carbocycles. The van der Waals surface area contributed by atoms with Gasteiger partial charge in [-0.15, -0.1) is 0 Å². The fourth-order valence-corrected chi connectivity index (χ4v) is 6.28. The van der Waals surface area contributed by atoms with Crippen molar-refractivity contribution in [3.05, 3.63) is 24.3 Å². The highest BCUT2D eigenvalue weighted by Crippen LogP contribution is 2.42. The molecule has 148 valence electrons. The number of allylic oxidation sites excluding steroid dienone is 4. The molecule has 0 bridgehead atoms. The fraction of sp³-hybridized carbons (Fsp3) is 0.846. The van der Waals surface area contributed by atoms with Crippen molar-refractivity contribution in [3.8, 4) is 0 Å². The van der Waals surface area contributed by atoms with Gasteiger partial charge < -0.3 is 0 Å². The van der Waals surface area contributed by atoms with Crippen LogP contribution in [0.2, 0.25) is 0 Å². The van der Waals surface area contributed by atoms with Crippen molar-refractivity contribution in [1.82, 2.24) is 0 Å². The highest BCUT2D eigenvalue weighted by molar-refractivity contribution is 4.98. The summed E-state index contributed by atoms with van der Waals surface area (Å²) in [4.78, 5) is 0. The average molecular weight is 357 g/mol. The first-order valence-corrected chi connectivity index (χ1v) is 12.1. The Balaban J connectivity index is 1.34. The van der Waals surface area contributed by atoms with Crippen LogP contribution >= 0.6 is 0 Å². The summed E-state index contributed by atoms with van der Waals surface area (Å²) in [6.07, 6.45) is 30.6. The van der Waals surface area contributed by atoms with Crippen LogP contribution in [0.3, 0.4) is 0 Å². The van der Waals surface area contributed by atoms with E-state index >= 15 is 0 Å². The van der Waals surface area contributed by atoms with E-state index in [1.807, 2.05) is 0 Å². The summed E-state index contributed by atoms with van der Waals surface area (Å²) in [5.74, 6) is 5.86. The Labute approximate surface area is 163 Å². The first kappa shape index (κ1) is 20.2. The van der Waals surface area contributed by atoms with Crippen molar-refractivity contribution in [2.75, 3.05) is 0 Å². The Morgan fingerprint density at radius 1 is 0.577 bits per heavy atom. The third-order valence-corrected chi connectivity index (χ3v) is 8.01. The lowest BCUT2D eigenvalue weighted by atomic mass is 9.68. The fourth-order valence-electron chi connectivity index (χ4n) is 6.28. The van der Waals surface area contributed by atoms with Crippen molar-refractivity contribution in [2.45, 2.75) is 104 Å². The molecule has 0 radical (unpaired) electrons. The van der Waals surface area contributed by atoms with Crippen LogP contribution in [0.25, 0.3) is 0 Å². The smallest absolute Gasteiger partial charge is 0.0233 e. The maximum atomic E-state index is 2.63. The Hall–Kier alpha value is -0.520. The molecular weight excluding hydrogens is 312 g/mol. The number of hydrogen-bond donors (Lipinski definition) is 0. The standard InChI is InChI=1S/C26H44/c1-3-5-21-7-9-23(10-8-21)11-12-24-15-19-26(20-16-24)25-17-13-22(6-4-2)14-18-25/h3,5,11-12,21-26H,4,6-10,13-20H2,1-2H3. The minimum Gasteiger partial charge on any atom is -0.0914 e. The minimum atomic E-state index is 0.868. The third-order valence-electron chi connectivity index (χ3n) is 8.01. The number of rotatable bonds is 6. The Kier molecular flexibility index (Phi) is 8.34. The molecule has 3 aliphatic carbocycles. The third kappa shape index (κ3) is 6.00. The quantitative estimate of drug-likeness (QED) is 0.419. The van der Waals surface area contributed by atoms with Gasteiger partial charge in [0.1, 0.15) is 0 Å². The van der Waals surface area contributed by atoms with Gasteiger partial charge in [-0.1, -0.05) is 56.9 Å². The monoisotopic (exact) mass is 356 g/mol. The van der Waals surface area contributed by atoms with E-state index in [-0.39, 0.29) is 0 Å². The van der Waals surface area contributed by atoms with Gasteiger partial charge in [-0.25, -0.2) is 0 Å². The molecule has 0 spiro atoms. The largest absolute Gasteiger partial charge is 0.0914 e. The molecular formula is C26H44. The van der Waals surface area contributed by atoms with Crippen LogP contribution in [0.4, 0.5) is 0 Å². The van der Waals surface area contributed by atoms with Gasteiger partial charge in [-0.3, -0.25) is 0 Å². The summed E-state index contributed by atoms with van der Waals surface area (Å²) >= 11 is 0. The molecule has 0 atom stereocenters. The maximum absolute atomic E-state index is 2.63. The molecule has 0 nitrogen and oxygen atoms in total. The molecule has 0 N–H and O–H groups in total. The lowest BCUT2D eigenvalue weighted by Crippen LogP contribution is -2.25. The van der Waals surface area contributed by atoms with E-state index < -0.39 is 0 Å². The second-order valence-corrected chi connectivity index (χ2v) is 9.83. The van der Waals surface area contributed by atoms with E-state index in [2.05, 4.69) is 38.2 Å². The van der Waals surface area contributed by atoms with Crippen molar-refractivity contribution in [1.29, 1.82) is 0 Å². The van der Waals surface area contributed by atoms with Crippen molar-refractivity contribution >= 4 is 0 Å². The van der Waals surface area contributed by atoms with Gasteiger partial charge in [-0.2, -0.15) is 0 Å². The van der Waals surface area contributed by atoms with Crippen LogP contribution in [0.15, 0.2) is 24.3 Å². The van der Waals surface area contributed by atoms with Crippen LogP contribution in [0.5, 0.6) is 0 Å². The molecule has 3 saturated carbocycles. The lowest BCUT2D eigenvalue weighted by molar-refractivity contribution is 0.152. The van der Waals surface area contributed by atoms with Crippen molar-refractivity contribution in [3.63, 3.8) is 0 Å². The SMILES string of the molecule is CC=CC1CCC(C=CC2CCC(C3CCC(CCC)CC3)CC2)CC1. The van der Waals surface area contributed by atoms with Crippen molar-refractivity contribution in [2.24, 2.45) is 35.5 Å². The van der Waals surface area contributed by atoms with Crippen LogP contribution in [0, 0.1) is 35.5 Å². The summed E-state index contributed by atoms with van der Waals surface area (Å²) < 4.78 is 0. The zero-order valence-corrected chi connectivity index (χ0v) is 17.7. The molecule has 0 aromatic rings. The van der Waals surface area contributed by atoms with Gasteiger partial charge in [-0.05, 0) is 107 Å². The molecule has 3 fully saturated rings. The number of hydrogen-bond acceptors (Lipinski definition) is 0. The summed E-state index contributed by atoms with van der Waals surface area (Å²) in [5, 5.41) is 0. The van der Waals surface area contributed by atoms with Gasteiger partial charge in [0.15, 0.2) is 0 Å². The molecule has 3 rings (SSSR count). The van der Waals surface area contributed by atoms with Gasteiger partial charge in [0.25, 0.3) is 0 Å². The summed E-state index contributed by atoms with van der Waals surface area (Å²) in [7, 11) is 0. The van der Waals surface area contributed by atoms with Crippen LogP contribution in [-0.4, -0.2) is 0 Å². The lowest BCUT2D eigenvalue weighted by Gasteiger charge is -2.37. The molecule has 0 heteroatoms. The predicted octanol–water partition coefficient (Wildman–Crippen LogP) is 8.34. The highest BCUT2D eigenvalue weighted by Gasteiger charge is 2.30. The minimum absolute atomic E-state index is 0.868. The summed E-state index contributed by atoms with van der Waals surface area (Å²) in [5.41, 5.74) is 0. The van der Waals surface area contributed by atoms with Crippen LogP contribution < -0.4 is 0 Å². The summed E-state index contributed by atoms with van der Waals surface area (Å²) in [6.45, 7) is 4.52. The van der Waals surface area contributed by atoms with Gasteiger partial charge >= 0.3 is 0 Å². The second-order valence-electron chi connectivity index (χ2n) is 9.83. The maximum Gasteiger partial charge on any atom is -0.0233 e. The molecule has 26 heavy (non-hydrogen) atoms. The molecule has 0 saturated heterocycles. The van der Waals surface area contributed by atoms with E-state index in [1.165, 1.54) is 77.0 Å². The van der Waals surface area contributed by atoms with Crippen molar-refractivity contribution < 1.29 is 0 Å². The molecule has 0 heterocycles. The molecule has 0 unspecified atom stereocenters. The zero-order valence-electron chi connectivity index (χ0n) is 17.7. The average Bonchev–Trinajstić information content (AvgIpc) is 2.69. The molecule has 0 aromatic heterocycles. The molecule has 0 aliphatic heterocycles. The van der Waals surface area contributed by atoms with Gasteiger partial charge in [0, 0.05) is 0 Å². The topological polar surface area (TPSA) is 0 Å². The van der Waals surface area contributed by atoms with Crippen LogP contribution in [0.1, 0.15) is 104 Å². The van der Waals surface area contributed by atoms with E-state index in [0.29, 0.717) is 0 Å². The van der Waals surface area contributed by atoms with E-state index in [4.69, 9.17) is 0 Å². The second kappa shape index (κ2) is 10.7. The highest BCUT2D eigenvalue weighted by atomic mass is 14.4. The normalized spacial score (nSPS) is 39.6. The van der Waals surface area contributed by atoms with Gasteiger partial charge in [0.2, 0.25) is 0 Å². The van der Waals surface area contributed by atoms with Gasteiger partial charge in [0.05, 0.1) is 0 Å². The first-order chi connectivity index (χ1) is 12.8. The van der Waals surface area contributed by atoms with E-state index in [9.17, 15) is 0 Å². The Morgan fingerprint density at radius 2 is 1.00 bits per heavy atom. The zero-order chi connectivity index (χ0) is 18.2. The van der Waals surface area contributed by atoms with E-state index in [1.54, 1.807) is 12.8 Å². The summed E-state index contributed by atoms with van der Waals surface area (Å²) in [6, 6.07) is 0. The first-order valence-electron chi connectivity index (χ1n) is 12.1. The Bertz CT molecular complexity index is 421. The van der Waals surface area contributed by atoms with E-state index in [0.717, 1.165) is 35.5 Å². The van der Waals surface area contributed by atoms with Crippen LogP contribution in [-0.2, 0) is 0 Å². The molecule has 0 amide bonds. The molecule has 3 aliphatic rings. The Morgan fingerprint density at radius 3 is 1.46 bits per heavy atom. The predicted molar refractivity (Wildman–Crippen MR) is 115 cm³/mol.